The monoisotopic (exact) mass is 240 g/mol. The van der Waals surface area contributed by atoms with Crippen molar-refractivity contribution in [1.82, 2.24) is 0 Å². The molecule has 2 aromatic carbocycles. The Kier molecular flexibility index (Phi) is 3.53. The lowest BCUT2D eigenvalue weighted by molar-refractivity contribution is 0.0758. The number of benzene rings is 2. The third-order valence-corrected chi connectivity index (χ3v) is 3.81. The first-order valence-electron chi connectivity index (χ1n) is 6.44. The molecule has 18 heavy (non-hydrogen) atoms. The summed E-state index contributed by atoms with van der Waals surface area (Å²) < 4.78 is 0. The average Bonchev–Trinajstić information content (AvgIpc) is 2.42. The maximum absolute atomic E-state index is 11.1. The lowest BCUT2D eigenvalue weighted by Gasteiger charge is -2.30. The Morgan fingerprint density at radius 1 is 0.944 bits per heavy atom. The molecule has 0 saturated heterocycles. The smallest absolute Gasteiger partial charge is 0.115 e. The van der Waals surface area contributed by atoms with Gasteiger partial charge in [-0.1, -0.05) is 55.5 Å². The quantitative estimate of drug-likeness (QED) is 0.861. The highest BCUT2D eigenvalue weighted by atomic mass is 16.3. The van der Waals surface area contributed by atoms with E-state index in [0.717, 1.165) is 11.1 Å². The molecule has 0 aromatic heterocycles. The van der Waals surface area contributed by atoms with Crippen molar-refractivity contribution in [3.63, 3.8) is 0 Å². The van der Waals surface area contributed by atoms with E-state index >= 15 is 0 Å². The van der Waals surface area contributed by atoms with E-state index in [0.29, 0.717) is 6.42 Å². The van der Waals surface area contributed by atoms with E-state index in [1.165, 1.54) is 11.1 Å². The van der Waals surface area contributed by atoms with Gasteiger partial charge in [-0.05, 0) is 42.5 Å². The fourth-order valence-corrected chi connectivity index (χ4v) is 2.46. The summed E-state index contributed by atoms with van der Waals surface area (Å²) in [6.07, 6.45) is 0.668. The second-order valence-corrected chi connectivity index (χ2v) is 4.83. The molecular weight excluding hydrogens is 220 g/mol. The second kappa shape index (κ2) is 4.95. The summed E-state index contributed by atoms with van der Waals surface area (Å²) >= 11 is 0. The first-order valence-corrected chi connectivity index (χ1v) is 6.44. The summed E-state index contributed by atoms with van der Waals surface area (Å²) in [5.74, 6) is 0. The predicted molar refractivity (Wildman–Crippen MR) is 75.6 cm³/mol. The van der Waals surface area contributed by atoms with Crippen LogP contribution in [0.3, 0.4) is 0 Å². The zero-order chi connectivity index (χ0) is 13.2. The summed E-state index contributed by atoms with van der Waals surface area (Å²) in [4.78, 5) is 0. The van der Waals surface area contributed by atoms with Gasteiger partial charge < -0.3 is 5.11 Å². The van der Waals surface area contributed by atoms with Crippen LogP contribution in [0.5, 0.6) is 0 Å². The second-order valence-electron chi connectivity index (χ2n) is 4.83. The normalized spacial score (nSPS) is 14.2. The van der Waals surface area contributed by atoms with Crippen molar-refractivity contribution in [3.8, 4) is 0 Å². The van der Waals surface area contributed by atoms with Crippen LogP contribution in [-0.4, -0.2) is 5.11 Å². The van der Waals surface area contributed by atoms with Crippen LogP contribution in [0, 0.1) is 13.8 Å². The number of hydrogen-bond donors (Lipinski definition) is 1. The number of aliphatic hydroxyl groups is 1. The molecule has 0 fully saturated rings. The largest absolute Gasteiger partial charge is 0.380 e. The number of rotatable bonds is 3. The van der Waals surface area contributed by atoms with Crippen molar-refractivity contribution in [2.24, 2.45) is 0 Å². The molecule has 2 aromatic rings. The van der Waals surface area contributed by atoms with E-state index < -0.39 is 5.60 Å². The molecule has 1 unspecified atom stereocenters. The first-order chi connectivity index (χ1) is 8.59. The van der Waals surface area contributed by atoms with Crippen LogP contribution < -0.4 is 0 Å². The first kappa shape index (κ1) is 12.8. The fourth-order valence-electron chi connectivity index (χ4n) is 2.46. The van der Waals surface area contributed by atoms with Gasteiger partial charge >= 0.3 is 0 Å². The molecule has 2 rings (SSSR count). The van der Waals surface area contributed by atoms with Crippen molar-refractivity contribution in [2.45, 2.75) is 32.8 Å². The van der Waals surface area contributed by atoms with Crippen molar-refractivity contribution in [1.29, 1.82) is 0 Å². The van der Waals surface area contributed by atoms with Gasteiger partial charge in [-0.2, -0.15) is 0 Å². The third kappa shape index (κ3) is 2.06. The van der Waals surface area contributed by atoms with Crippen LogP contribution in [0.2, 0.25) is 0 Å². The van der Waals surface area contributed by atoms with E-state index in [9.17, 15) is 5.11 Å². The van der Waals surface area contributed by atoms with Crippen molar-refractivity contribution in [2.75, 3.05) is 0 Å². The maximum atomic E-state index is 11.1. The van der Waals surface area contributed by atoms with E-state index in [1.807, 2.05) is 49.4 Å². The molecule has 0 radical (unpaired) electrons. The Morgan fingerprint density at radius 3 is 2.22 bits per heavy atom. The van der Waals surface area contributed by atoms with Crippen molar-refractivity contribution in [3.05, 3.63) is 70.8 Å². The summed E-state index contributed by atoms with van der Waals surface area (Å²) in [7, 11) is 0. The number of aryl methyl sites for hydroxylation is 1. The van der Waals surface area contributed by atoms with Crippen LogP contribution in [-0.2, 0) is 5.60 Å². The van der Waals surface area contributed by atoms with E-state index in [2.05, 4.69) is 19.9 Å². The highest BCUT2D eigenvalue weighted by Crippen LogP contribution is 2.35. The van der Waals surface area contributed by atoms with Gasteiger partial charge in [-0.15, -0.1) is 0 Å². The van der Waals surface area contributed by atoms with Crippen LogP contribution in [0.1, 0.15) is 35.6 Å². The van der Waals surface area contributed by atoms with E-state index in [4.69, 9.17) is 0 Å². The Balaban J connectivity index is 2.61. The fraction of sp³-hybridized carbons (Fsp3) is 0.294. The summed E-state index contributed by atoms with van der Waals surface area (Å²) in [6.45, 7) is 6.18. The minimum absolute atomic E-state index is 0.668. The van der Waals surface area contributed by atoms with E-state index in [1.54, 1.807) is 0 Å². The van der Waals surface area contributed by atoms with Gasteiger partial charge in [0.05, 0.1) is 0 Å². The van der Waals surface area contributed by atoms with Crippen LogP contribution in [0.25, 0.3) is 0 Å². The molecular formula is C17H20O. The third-order valence-electron chi connectivity index (χ3n) is 3.81. The summed E-state index contributed by atoms with van der Waals surface area (Å²) in [5.41, 5.74) is 3.47. The average molecular weight is 240 g/mol. The van der Waals surface area contributed by atoms with Gasteiger partial charge in [-0.3, -0.25) is 0 Å². The lowest BCUT2D eigenvalue weighted by atomic mass is 9.81. The van der Waals surface area contributed by atoms with Crippen molar-refractivity contribution >= 4 is 0 Å². The Labute approximate surface area is 109 Å². The Bertz CT molecular complexity index is 531. The molecule has 0 amide bonds. The zero-order valence-corrected chi connectivity index (χ0v) is 11.3. The minimum Gasteiger partial charge on any atom is -0.380 e. The van der Waals surface area contributed by atoms with Crippen molar-refractivity contribution < 1.29 is 5.11 Å². The van der Waals surface area contributed by atoms with Gasteiger partial charge in [0.15, 0.2) is 0 Å². The highest BCUT2D eigenvalue weighted by molar-refractivity contribution is 5.43. The van der Waals surface area contributed by atoms with Gasteiger partial charge in [0.2, 0.25) is 0 Å². The molecule has 1 N–H and O–H groups in total. The molecule has 0 heterocycles. The minimum atomic E-state index is -0.892. The number of hydrogen-bond acceptors (Lipinski definition) is 1. The highest BCUT2D eigenvalue weighted by Gasteiger charge is 2.30. The zero-order valence-electron chi connectivity index (χ0n) is 11.3. The Hall–Kier alpha value is -1.60. The van der Waals surface area contributed by atoms with Gasteiger partial charge in [0, 0.05) is 0 Å². The SMILES string of the molecule is CCC(O)(c1ccccc1)c1cccc(C)c1C. The van der Waals surface area contributed by atoms with Gasteiger partial charge in [0.1, 0.15) is 5.60 Å². The Morgan fingerprint density at radius 2 is 1.61 bits per heavy atom. The molecule has 1 nitrogen and oxygen atoms in total. The lowest BCUT2D eigenvalue weighted by Crippen LogP contribution is -2.27. The topological polar surface area (TPSA) is 20.2 Å². The molecule has 0 aliphatic heterocycles. The van der Waals surface area contributed by atoms with Crippen LogP contribution >= 0.6 is 0 Å². The maximum Gasteiger partial charge on any atom is 0.115 e. The standard InChI is InChI=1S/C17H20O/c1-4-17(18,15-10-6-5-7-11-15)16-12-8-9-13(2)14(16)3/h5-12,18H,4H2,1-3H3. The summed E-state index contributed by atoms with van der Waals surface area (Å²) in [6, 6.07) is 16.0. The molecule has 0 aliphatic carbocycles. The van der Waals surface area contributed by atoms with E-state index in [-0.39, 0.29) is 0 Å². The molecule has 0 aliphatic rings. The van der Waals surface area contributed by atoms with Crippen LogP contribution in [0.4, 0.5) is 0 Å². The molecule has 1 atom stereocenters. The molecule has 0 spiro atoms. The summed E-state index contributed by atoms with van der Waals surface area (Å²) in [5, 5.41) is 11.1. The molecule has 94 valence electrons. The molecule has 0 bridgehead atoms. The molecule has 0 saturated carbocycles. The van der Waals surface area contributed by atoms with Gasteiger partial charge in [-0.25, -0.2) is 0 Å². The molecule has 1 heteroatoms. The van der Waals surface area contributed by atoms with Gasteiger partial charge in [0.25, 0.3) is 0 Å². The van der Waals surface area contributed by atoms with Crippen LogP contribution in [0.15, 0.2) is 48.5 Å². The predicted octanol–water partition coefficient (Wildman–Crippen LogP) is 3.95.